The van der Waals surface area contributed by atoms with Gasteiger partial charge in [0, 0.05) is 0 Å². The second-order valence-corrected chi connectivity index (χ2v) is 10.9. The van der Waals surface area contributed by atoms with Crippen LogP contribution in [0.4, 0.5) is 0 Å². The number of hydrogen-bond donors (Lipinski definition) is 0. The maximum atomic E-state index is 13.3. The van der Waals surface area contributed by atoms with E-state index in [9.17, 15) is 4.79 Å². The van der Waals surface area contributed by atoms with Gasteiger partial charge in [0.2, 0.25) is 0 Å². The van der Waals surface area contributed by atoms with E-state index in [0.29, 0.717) is 11.8 Å². The Morgan fingerprint density at radius 3 is 2.48 bits per heavy atom. The molecule has 6 bridgehead atoms. The molecule has 11 unspecified atom stereocenters. The van der Waals surface area contributed by atoms with Crippen LogP contribution in [-0.4, -0.2) is 11.6 Å². The molecule has 0 aromatic heterocycles. The van der Waals surface area contributed by atoms with Crippen molar-refractivity contribution in [2.24, 2.45) is 59.2 Å². The van der Waals surface area contributed by atoms with E-state index in [1.54, 1.807) is 0 Å². The number of carbonyl (C=O) groups is 1. The van der Waals surface area contributed by atoms with Crippen molar-refractivity contribution in [3.63, 3.8) is 0 Å². The molecule has 25 heavy (non-hydrogen) atoms. The average molecular weight is 343 g/mol. The summed E-state index contributed by atoms with van der Waals surface area (Å²) in [7, 11) is 0. The largest absolute Gasteiger partial charge is 0.459 e. The van der Waals surface area contributed by atoms with Crippen LogP contribution in [0, 0.1) is 59.2 Å². The third-order valence-corrected chi connectivity index (χ3v) is 10.3. The normalized spacial score (nSPS) is 60.4. The zero-order valence-electron chi connectivity index (χ0n) is 16.0. The van der Waals surface area contributed by atoms with Crippen molar-refractivity contribution in [1.29, 1.82) is 0 Å². The third-order valence-electron chi connectivity index (χ3n) is 10.3. The molecule has 0 radical (unpaired) electrons. The lowest BCUT2D eigenvalue weighted by atomic mass is 9.65. The van der Waals surface area contributed by atoms with Crippen LogP contribution < -0.4 is 0 Å². The smallest absolute Gasteiger partial charge is 0.309 e. The Balaban J connectivity index is 1.20. The summed E-state index contributed by atoms with van der Waals surface area (Å²) in [4.78, 5) is 13.3. The maximum Gasteiger partial charge on any atom is 0.309 e. The first kappa shape index (κ1) is 15.5. The molecule has 0 aromatic carbocycles. The van der Waals surface area contributed by atoms with Crippen LogP contribution in [0.5, 0.6) is 0 Å². The summed E-state index contributed by atoms with van der Waals surface area (Å²) in [5.41, 5.74) is -0.0789. The Hall–Kier alpha value is -0.530. The minimum Gasteiger partial charge on any atom is -0.459 e. The minimum atomic E-state index is -0.0789. The molecule has 0 N–H and O–H groups in total. The van der Waals surface area contributed by atoms with E-state index < -0.39 is 0 Å². The zero-order valence-corrected chi connectivity index (χ0v) is 16.0. The number of hydrogen-bond acceptors (Lipinski definition) is 2. The summed E-state index contributed by atoms with van der Waals surface area (Å²) in [5, 5.41) is 0. The maximum absolute atomic E-state index is 13.3. The Bertz CT molecular complexity index is 599. The van der Waals surface area contributed by atoms with Crippen molar-refractivity contribution in [2.45, 2.75) is 77.2 Å². The van der Waals surface area contributed by atoms with Crippen molar-refractivity contribution in [1.82, 2.24) is 0 Å². The van der Waals surface area contributed by atoms with E-state index in [-0.39, 0.29) is 17.5 Å². The highest BCUT2D eigenvalue weighted by Crippen LogP contribution is 2.70. The SMILES string of the molecule is CCC1(OC(=O)C2CC3CC2C2C4CC(C)C(C4)C32)CC2CCC1C2. The van der Waals surface area contributed by atoms with Crippen LogP contribution >= 0.6 is 0 Å². The lowest BCUT2D eigenvalue weighted by Gasteiger charge is -2.42. The Kier molecular flexibility index (Phi) is 3.13. The molecule has 11 atom stereocenters. The number of esters is 1. The molecule has 0 aromatic rings. The van der Waals surface area contributed by atoms with Crippen LogP contribution in [0.1, 0.15) is 71.6 Å². The van der Waals surface area contributed by atoms with E-state index in [1.807, 2.05) is 0 Å². The number of carbonyl (C=O) groups excluding carboxylic acids is 1. The summed E-state index contributed by atoms with van der Waals surface area (Å²) in [6.07, 6.45) is 11.6. The molecule has 0 spiro atoms. The van der Waals surface area contributed by atoms with Gasteiger partial charge in [-0.15, -0.1) is 0 Å². The Morgan fingerprint density at radius 2 is 1.76 bits per heavy atom. The fourth-order valence-electron chi connectivity index (χ4n) is 9.50. The molecule has 0 amide bonds. The zero-order chi connectivity index (χ0) is 16.9. The molecule has 2 heteroatoms. The molecule has 6 saturated carbocycles. The minimum absolute atomic E-state index is 0.0789. The lowest BCUT2D eigenvalue weighted by Crippen LogP contribution is -2.44. The topological polar surface area (TPSA) is 26.3 Å². The average Bonchev–Trinajstić information content (AvgIpc) is 3.38. The van der Waals surface area contributed by atoms with Gasteiger partial charge < -0.3 is 4.74 Å². The molecular formula is C23H34O2. The summed E-state index contributed by atoms with van der Waals surface area (Å²) in [6, 6.07) is 0. The van der Waals surface area contributed by atoms with E-state index in [0.717, 1.165) is 60.7 Å². The van der Waals surface area contributed by atoms with Crippen LogP contribution in [0.2, 0.25) is 0 Å². The third kappa shape index (κ3) is 1.90. The van der Waals surface area contributed by atoms with Gasteiger partial charge in [0.05, 0.1) is 5.92 Å². The summed E-state index contributed by atoms with van der Waals surface area (Å²) in [5.74, 6) is 8.26. The predicted molar refractivity (Wildman–Crippen MR) is 96.6 cm³/mol. The highest BCUT2D eigenvalue weighted by atomic mass is 16.6. The fourth-order valence-corrected chi connectivity index (χ4v) is 9.50. The molecule has 6 aliphatic carbocycles. The van der Waals surface area contributed by atoms with Crippen molar-refractivity contribution in [3.05, 3.63) is 0 Å². The molecule has 0 saturated heterocycles. The van der Waals surface area contributed by atoms with Gasteiger partial charge >= 0.3 is 5.97 Å². The van der Waals surface area contributed by atoms with Crippen LogP contribution in [0.25, 0.3) is 0 Å². The number of rotatable bonds is 3. The van der Waals surface area contributed by atoms with Gasteiger partial charge in [0.25, 0.3) is 0 Å². The first-order chi connectivity index (χ1) is 12.1. The Morgan fingerprint density at radius 1 is 1.00 bits per heavy atom. The standard InChI is InChI=1S/C23H34O2/c1-3-23(11-13-4-5-16(23)7-13)25-22(24)19-10-15-9-18(19)21-14-6-12(2)17(8-14)20(15)21/h12-21H,3-11H2,1-2H3. The quantitative estimate of drug-likeness (QED) is 0.529. The monoisotopic (exact) mass is 342 g/mol. The molecule has 2 nitrogen and oxygen atoms in total. The number of ether oxygens (including phenoxy) is 1. The van der Waals surface area contributed by atoms with E-state index in [2.05, 4.69) is 13.8 Å². The summed E-state index contributed by atoms with van der Waals surface area (Å²) >= 11 is 0. The first-order valence-corrected chi connectivity index (χ1v) is 11.3. The summed E-state index contributed by atoms with van der Waals surface area (Å²) in [6.45, 7) is 4.74. The van der Waals surface area contributed by atoms with Gasteiger partial charge in [0.15, 0.2) is 0 Å². The molecule has 6 rings (SSSR count). The van der Waals surface area contributed by atoms with E-state index in [4.69, 9.17) is 4.74 Å². The van der Waals surface area contributed by atoms with Gasteiger partial charge in [-0.3, -0.25) is 4.79 Å². The predicted octanol–water partition coefficient (Wildman–Crippen LogP) is 5.06. The van der Waals surface area contributed by atoms with Crippen molar-refractivity contribution in [2.75, 3.05) is 0 Å². The number of fused-ring (bicyclic) bond motifs is 11. The molecule has 138 valence electrons. The van der Waals surface area contributed by atoms with Crippen LogP contribution in [0.3, 0.4) is 0 Å². The second-order valence-electron chi connectivity index (χ2n) is 10.9. The van der Waals surface area contributed by atoms with Crippen molar-refractivity contribution >= 4 is 5.97 Å². The van der Waals surface area contributed by atoms with E-state index in [1.165, 1.54) is 38.5 Å². The highest BCUT2D eigenvalue weighted by molar-refractivity contribution is 5.74. The van der Waals surface area contributed by atoms with Gasteiger partial charge in [-0.05, 0) is 111 Å². The Labute approximate surface area is 152 Å². The van der Waals surface area contributed by atoms with Crippen LogP contribution in [-0.2, 0) is 9.53 Å². The molecule has 0 heterocycles. The molecule has 6 aliphatic rings. The van der Waals surface area contributed by atoms with Crippen molar-refractivity contribution < 1.29 is 9.53 Å². The second kappa shape index (κ2) is 5.04. The summed E-state index contributed by atoms with van der Waals surface area (Å²) < 4.78 is 6.43. The van der Waals surface area contributed by atoms with Gasteiger partial charge in [0.1, 0.15) is 5.60 Å². The molecule has 0 aliphatic heterocycles. The van der Waals surface area contributed by atoms with Gasteiger partial charge in [-0.2, -0.15) is 0 Å². The van der Waals surface area contributed by atoms with Gasteiger partial charge in [-0.1, -0.05) is 13.8 Å². The lowest BCUT2D eigenvalue weighted by molar-refractivity contribution is -0.175. The fraction of sp³-hybridized carbons (Fsp3) is 0.957. The van der Waals surface area contributed by atoms with Crippen LogP contribution in [0.15, 0.2) is 0 Å². The molecule has 6 fully saturated rings. The highest BCUT2D eigenvalue weighted by Gasteiger charge is 2.65. The molecular weight excluding hydrogens is 308 g/mol. The van der Waals surface area contributed by atoms with E-state index >= 15 is 0 Å². The first-order valence-electron chi connectivity index (χ1n) is 11.3. The van der Waals surface area contributed by atoms with Crippen molar-refractivity contribution in [3.8, 4) is 0 Å². The van der Waals surface area contributed by atoms with Gasteiger partial charge in [-0.25, -0.2) is 0 Å².